The molecule has 0 aromatic rings. The molecule has 3 rings (SSSR count). The van der Waals surface area contributed by atoms with Gasteiger partial charge in [-0.3, -0.25) is 14.4 Å². The van der Waals surface area contributed by atoms with Crippen molar-refractivity contribution in [2.24, 2.45) is 17.8 Å². The average molecular weight is 504 g/mol. The zero-order valence-electron chi connectivity index (χ0n) is 22.6. The van der Waals surface area contributed by atoms with Gasteiger partial charge < -0.3 is 24.5 Å². The summed E-state index contributed by atoms with van der Waals surface area (Å²) in [6.07, 6.45) is 7.60. The van der Waals surface area contributed by atoms with Crippen LogP contribution in [-0.4, -0.2) is 94.1 Å². The SMILES string of the molecule is C=CCN(CCCCC)C(=O)C1N(CCO)C(=O)[C@@H]2[C@@H](C(=O)N(CC=C)CCC)[C@]3(C)OC12CC3C. The number of likely N-dealkylation sites (tertiary alicyclic amines) is 1. The predicted octanol–water partition coefficient (Wildman–Crippen LogP) is 2.62. The molecule has 0 saturated carbocycles. The van der Waals surface area contributed by atoms with Crippen LogP contribution in [0.4, 0.5) is 0 Å². The number of aliphatic hydroxyl groups is 1. The summed E-state index contributed by atoms with van der Waals surface area (Å²) in [6.45, 7) is 17.4. The topological polar surface area (TPSA) is 90.4 Å². The number of rotatable bonds is 14. The highest BCUT2D eigenvalue weighted by atomic mass is 16.5. The van der Waals surface area contributed by atoms with Crippen LogP contribution in [0.1, 0.15) is 59.8 Å². The van der Waals surface area contributed by atoms with Crippen molar-refractivity contribution in [3.63, 3.8) is 0 Å². The van der Waals surface area contributed by atoms with Gasteiger partial charge in [0.15, 0.2) is 0 Å². The molecule has 3 saturated heterocycles. The van der Waals surface area contributed by atoms with E-state index in [0.717, 1.165) is 25.7 Å². The Morgan fingerprint density at radius 3 is 2.31 bits per heavy atom. The Morgan fingerprint density at radius 2 is 1.75 bits per heavy atom. The zero-order valence-corrected chi connectivity index (χ0v) is 22.6. The maximum Gasteiger partial charge on any atom is 0.248 e. The molecule has 3 heterocycles. The Kier molecular flexibility index (Phi) is 9.04. The number of ether oxygens (including phenoxy) is 1. The maximum atomic E-state index is 14.1. The highest BCUT2D eigenvalue weighted by Crippen LogP contribution is 2.65. The van der Waals surface area contributed by atoms with Gasteiger partial charge in [-0.05, 0) is 32.1 Å². The van der Waals surface area contributed by atoms with E-state index in [2.05, 4.69) is 20.1 Å². The van der Waals surface area contributed by atoms with E-state index in [1.807, 2.05) is 20.8 Å². The van der Waals surface area contributed by atoms with Gasteiger partial charge in [0, 0.05) is 32.7 Å². The molecule has 202 valence electrons. The molecule has 3 aliphatic rings. The highest BCUT2D eigenvalue weighted by molar-refractivity contribution is 5.99. The Balaban J connectivity index is 2.06. The lowest BCUT2D eigenvalue weighted by Gasteiger charge is -2.39. The molecule has 3 unspecified atom stereocenters. The van der Waals surface area contributed by atoms with Gasteiger partial charge in [-0.15, -0.1) is 13.2 Å². The third-order valence-corrected chi connectivity index (χ3v) is 8.50. The van der Waals surface area contributed by atoms with Crippen molar-refractivity contribution >= 4 is 17.7 Å². The van der Waals surface area contributed by atoms with E-state index in [1.54, 1.807) is 22.0 Å². The number of carbonyl (C=O) groups is 3. The van der Waals surface area contributed by atoms with Crippen LogP contribution in [0.5, 0.6) is 0 Å². The number of hydrogen-bond donors (Lipinski definition) is 1. The summed E-state index contributed by atoms with van der Waals surface area (Å²) in [5.41, 5.74) is -1.94. The molecule has 3 amide bonds. The second kappa shape index (κ2) is 11.5. The Morgan fingerprint density at radius 1 is 1.11 bits per heavy atom. The molecule has 8 nitrogen and oxygen atoms in total. The molecule has 0 aromatic heterocycles. The Bertz CT molecular complexity index is 862. The van der Waals surface area contributed by atoms with E-state index >= 15 is 0 Å². The van der Waals surface area contributed by atoms with Crippen LogP contribution < -0.4 is 0 Å². The lowest BCUT2D eigenvalue weighted by atomic mass is 9.62. The number of aliphatic hydroxyl groups excluding tert-OH is 1. The number of fused-ring (bicyclic) bond motifs is 1. The molecular formula is C28H45N3O5. The van der Waals surface area contributed by atoms with Gasteiger partial charge in [0.2, 0.25) is 17.7 Å². The van der Waals surface area contributed by atoms with Gasteiger partial charge in [0.1, 0.15) is 11.6 Å². The highest BCUT2D eigenvalue weighted by Gasteiger charge is 2.80. The molecule has 1 spiro atoms. The summed E-state index contributed by atoms with van der Waals surface area (Å²) in [4.78, 5) is 47.1. The predicted molar refractivity (Wildman–Crippen MR) is 139 cm³/mol. The van der Waals surface area contributed by atoms with Gasteiger partial charge in [-0.25, -0.2) is 0 Å². The van der Waals surface area contributed by atoms with Gasteiger partial charge in [-0.1, -0.05) is 45.8 Å². The van der Waals surface area contributed by atoms with Crippen LogP contribution in [0.2, 0.25) is 0 Å². The summed E-state index contributed by atoms with van der Waals surface area (Å²) < 4.78 is 6.77. The molecule has 6 atom stereocenters. The molecule has 1 N–H and O–H groups in total. The van der Waals surface area contributed by atoms with E-state index in [-0.39, 0.29) is 36.8 Å². The Hall–Kier alpha value is -2.19. The van der Waals surface area contributed by atoms with Gasteiger partial charge in [0.05, 0.1) is 24.0 Å². The first-order valence-electron chi connectivity index (χ1n) is 13.6. The van der Waals surface area contributed by atoms with Crippen LogP contribution >= 0.6 is 0 Å². The molecular weight excluding hydrogens is 458 g/mol. The largest absolute Gasteiger partial charge is 0.395 e. The maximum absolute atomic E-state index is 14.1. The lowest BCUT2D eigenvalue weighted by Crippen LogP contribution is -2.57. The average Bonchev–Trinajstić information content (AvgIpc) is 3.35. The fourth-order valence-electron chi connectivity index (χ4n) is 6.83. The first-order valence-corrected chi connectivity index (χ1v) is 13.6. The van der Waals surface area contributed by atoms with Crippen molar-refractivity contribution < 1.29 is 24.2 Å². The van der Waals surface area contributed by atoms with E-state index in [4.69, 9.17) is 4.74 Å². The number of hydrogen-bond acceptors (Lipinski definition) is 5. The second-order valence-electron chi connectivity index (χ2n) is 10.8. The van der Waals surface area contributed by atoms with E-state index in [0.29, 0.717) is 32.6 Å². The number of β-amino-alcohol motifs (C(OH)–C–C–N with tert-alkyl or cyclic N) is 1. The summed E-state index contributed by atoms with van der Waals surface area (Å²) >= 11 is 0. The first kappa shape index (κ1) is 28.4. The monoisotopic (exact) mass is 503 g/mol. The minimum absolute atomic E-state index is 0.0139. The smallest absolute Gasteiger partial charge is 0.248 e. The number of unbranched alkanes of at least 4 members (excludes halogenated alkanes) is 2. The van der Waals surface area contributed by atoms with E-state index in [9.17, 15) is 19.5 Å². The summed E-state index contributed by atoms with van der Waals surface area (Å²) in [5, 5.41) is 9.83. The fourth-order valence-corrected chi connectivity index (χ4v) is 6.83. The van der Waals surface area contributed by atoms with E-state index in [1.165, 1.54) is 4.90 Å². The third kappa shape index (κ3) is 4.51. The van der Waals surface area contributed by atoms with Gasteiger partial charge in [0.25, 0.3) is 0 Å². The van der Waals surface area contributed by atoms with Crippen molar-refractivity contribution in [3.8, 4) is 0 Å². The molecule has 0 aliphatic carbocycles. The molecule has 0 radical (unpaired) electrons. The minimum atomic E-state index is -1.09. The third-order valence-electron chi connectivity index (χ3n) is 8.50. The first-order chi connectivity index (χ1) is 17.2. The van der Waals surface area contributed by atoms with Crippen LogP contribution in [0.25, 0.3) is 0 Å². The van der Waals surface area contributed by atoms with E-state index < -0.39 is 29.1 Å². The number of nitrogens with zero attached hydrogens (tertiary/aromatic N) is 3. The minimum Gasteiger partial charge on any atom is -0.395 e. The number of carbonyl (C=O) groups excluding carboxylic acids is 3. The lowest BCUT2D eigenvalue weighted by molar-refractivity contribution is -0.155. The molecule has 3 aliphatic heterocycles. The Labute approximate surface area is 216 Å². The van der Waals surface area contributed by atoms with Crippen LogP contribution in [0, 0.1) is 17.8 Å². The van der Waals surface area contributed by atoms with Crippen molar-refractivity contribution in [3.05, 3.63) is 25.3 Å². The second-order valence-corrected chi connectivity index (χ2v) is 10.8. The quantitative estimate of drug-likeness (QED) is 0.291. The molecule has 36 heavy (non-hydrogen) atoms. The summed E-state index contributed by atoms with van der Waals surface area (Å²) in [7, 11) is 0. The molecule has 3 fully saturated rings. The van der Waals surface area contributed by atoms with Gasteiger partial charge >= 0.3 is 0 Å². The van der Waals surface area contributed by atoms with Crippen molar-refractivity contribution in [1.82, 2.24) is 14.7 Å². The van der Waals surface area contributed by atoms with Crippen LogP contribution in [0.15, 0.2) is 25.3 Å². The van der Waals surface area contributed by atoms with Crippen molar-refractivity contribution in [2.75, 3.05) is 39.3 Å². The number of amides is 3. The normalized spacial score (nSPS) is 32.5. The molecule has 2 bridgehead atoms. The summed E-state index contributed by atoms with van der Waals surface area (Å²) in [6, 6.07) is -0.871. The standard InChI is InChI=1S/C28H45N3O5/c1-7-11-12-16-30(15-10-4)26(35)23-28-19-20(5)27(6,36-28)21(22(28)25(34)31(23)17-18-32)24(33)29(13-8-2)14-9-3/h8,10,20-23,32H,2,4,7,9,11-19H2,1,3,5-6H3/t20?,21-,22-,23?,27+,28?/m0/s1. The molecule has 8 heteroatoms. The molecule has 0 aromatic carbocycles. The summed E-state index contributed by atoms with van der Waals surface area (Å²) in [5.74, 6) is -2.02. The fraction of sp³-hybridized carbons (Fsp3) is 0.750. The van der Waals surface area contributed by atoms with Crippen molar-refractivity contribution in [2.45, 2.75) is 77.0 Å². The van der Waals surface area contributed by atoms with Crippen molar-refractivity contribution in [1.29, 1.82) is 0 Å². The van der Waals surface area contributed by atoms with Crippen LogP contribution in [0.3, 0.4) is 0 Å². The van der Waals surface area contributed by atoms with Crippen LogP contribution in [-0.2, 0) is 19.1 Å². The van der Waals surface area contributed by atoms with Gasteiger partial charge in [-0.2, -0.15) is 0 Å². The zero-order chi connectivity index (χ0) is 26.7.